The number of carbonyl (C=O) groups is 2. The quantitative estimate of drug-likeness (QED) is 0.448. The van der Waals surface area contributed by atoms with Crippen molar-refractivity contribution in [1.29, 1.82) is 0 Å². The Morgan fingerprint density at radius 3 is 2.62 bits per heavy atom. The average molecular weight is 452 g/mol. The number of nitrogens with one attached hydrogen (secondary N) is 3. The van der Waals surface area contributed by atoms with Crippen LogP contribution in [0.1, 0.15) is 6.92 Å². The maximum Gasteiger partial charge on any atom is 0.234 e. The van der Waals surface area contributed by atoms with Gasteiger partial charge in [-0.15, -0.1) is 10.2 Å². The molecule has 0 radical (unpaired) electrons. The molecule has 0 atom stereocenters. The molecule has 0 saturated heterocycles. The Bertz CT molecular complexity index is 1050. The Morgan fingerprint density at radius 1 is 1.10 bits per heavy atom. The van der Waals surface area contributed by atoms with E-state index in [9.17, 15) is 14.0 Å². The fourth-order valence-electron chi connectivity index (χ4n) is 2.22. The maximum absolute atomic E-state index is 13.2. The Kier molecular flexibility index (Phi) is 7.02. The molecule has 11 heteroatoms. The lowest BCUT2D eigenvalue weighted by Crippen LogP contribution is -2.13. The third-order valence-electron chi connectivity index (χ3n) is 3.37. The number of rotatable bonds is 7. The number of thioether (sulfide) groups is 1. The molecule has 2 amide bonds. The first kappa shape index (κ1) is 21.0. The van der Waals surface area contributed by atoms with Gasteiger partial charge in [0, 0.05) is 24.0 Å². The Morgan fingerprint density at radius 2 is 1.86 bits per heavy atom. The number of carbonyl (C=O) groups excluding carboxylic acids is 2. The van der Waals surface area contributed by atoms with Gasteiger partial charge in [-0.3, -0.25) is 9.59 Å². The first-order valence-corrected chi connectivity index (χ1v) is 10.4. The van der Waals surface area contributed by atoms with E-state index >= 15 is 0 Å². The van der Waals surface area contributed by atoms with Crippen LogP contribution < -0.4 is 16.0 Å². The van der Waals surface area contributed by atoms with E-state index < -0.39 is 5.82 Å². The summed E-state index contributed by atoms with van der Waals surface area (Å²) >= 11 is 8.22. The van der Waals surface area contributed by atoms with E-state index in [4.69, 9.17) is 11.6 Å². The van der Waals surface area contributed by atoms with Crippen LogP contribution in [-0.2, 0) is 9.59 Å². The van der Waals surface area contributed by atoms with Gasteiger partial charge in [0.25, 0.3) is 0 Å². The number of benzene rings is 2. The number of anilines is 4. The Labute approximate surface area is 179 Å². The molecule has 0 bridgehead atoms. The largest absolute Gasteiger partial charge is 0.330 e. The summed E-state index contributed by atoms with van der Waals surface area (Å²) < 4.78 is 13.8. The number of hydrogen-bond donors (Lipinski definition) is 3. The lowest BCUT2D eigenvalue weighted by molar-refractivity contribution is -0.114. The van der Waals surface area contributed by atoms with Gasteiger partial charge in [-0.25, -0.2) is 4.39 Å². The summed E-state index contributed by atoms with van der Waals surface area (Å²) in [5.74, 6) is -0.861. The van der Waals surface area contributed by atoms with E-state index in [0.29, 0.717) is 20.8 Å². The maximum atomic E-state index is 13.2. The van der Waals surface area contributed by atoms with Crippen molar-refractivity contribution in [3.05, 3.63) is 53.3 Å². The lowest BCUT2D eigenvalue weighted by Gasteiger charge is -2.06. The first-order chi connectivity index (χ1) is 13.9. The molecule has 3 N–H and O–H groups in total. The molecule has 0 aliphatic rings. The van der Waals surface area contributed by atoms with Gasteiger partial charge >= 0.3 is 0 Å². The van der Waals surface area contributed by atoms with Crippen LogP contribution in [0, 0.1) is 5.82 Å². The zero-order chi connectivity index (χ0) is 20.8. The second-order valence-corrected chi connectivity index (χ2v) is 8.33. The summed E-state index contributed by atoms with van der Waals surface area (Å²) in [5.41, 5.74) is 1.83. The van der Waals surface area contributed by atoms with Crippen LogP contribution in [0.5, 0.6) is 0 Å². The van der Waals surface area contributed by atoms with Gasteiger partial charge in [0.2, 0.25) is 16.9 Å². The van der Waals surface area contributed by atoms with Crippen molar-refractivity contribution in [3.63, 3.8) is 0 Å². The molecule has 150 valence electrons. The van der Waals surface area contributed by atoms with Gasteiger partial charge in [0.1, 0.15) is 5.82 Å². The molecule has 0 aliphatic heterocycles. The molecule has 0 aliphatic carbocycles. The third kappa shape index (κ3) is 6.41. The fraction of sp³-hybridized carbons (Fsp3) is 0.111. The van der Waals surface area contributed by atoms with E-state index in [1.165, 1.54) is 48.2 Å². The van der Waals surface area contributed by atoms with Crippen LogP contribution in [0.25, 0.3) is 0 Å². The number of halogens is 2. The van der Waals surface area contributed by atoms with Crippen molar-refractivity contribution in [2.75, 3.05) is 21.7 Å². The van der Waals surface area contributed by atoms with E-state index in [2.05, 4.69) is 26.1 Å². The summed E-state index contributed by atoms with van der Waals surface area (Å²) in [6.45, 7) is 1.44. The van der Waals surface area contributed by atoms with Gasteiger partial charge in [-0.05, 0) is 36.4 Å². The molecule has 29 heavy (non-hydrogen) atoms. The fourth-order valence-corrected chi connectivity index (χ4v) is 3.97. The van der Waals surface area contributed by atoms with Crippen molar-refractivity contribution in [2.45, 2.75) is 11.3 Å². The van der Waals surface area contributed by atoms with E-state index in [0.717, 1.165) is 5.69 Å². The molecule has 0 saturated carbocycles. The minimum Gasteiger partial charge on any atom is -0.330 e. The molecule has 7 nitrogen and oxygen atoms in total. The Hall–Kier alpha value is -2.69. The molecule has 1 aromatic heterocycles. The predicted octanol–water partition coefficient (Wildman–Crippen LogP) is 4.76. The highest BCUT2D eigenvalue weighted by atomic mass is 35.5. The zero-order valence-corrected chi connectivity index (χ0v) is 17.4. The smallest absolute Gasteiger partial charge is 0.234 e. The highest BCUT2D eigenvalue weighted by Crippen LogP contribution is 2.28. The number of amides is 2. The summed E-state index contributed by atoms with van der Waals surface area (Å²) in [4.78, 5) is 23.2. The highest BCUT2D eigenvalue weighted by molar-refractivity contribution is 8.01. The minimum absolute atomic E-state index is 0.0575. The van der Waals surface area contributed by atoms with Gasteiger partial charge in [-0.2, -0.15) is 0 Å². The minimum atomic E-state index is -0.546. The molecule has 0 unspecified atom stereocenters. The summed E-state index contributed by atoms with van der Waals surface area (Å²) in [6.07, 6.45) is 0. The number of hydrogen-bond acceptors (Lipinski definition) is 7. The second-order valence-electron chi connectivity index (χ2n) is 5.73. The monoisotopic (exact) mass is 451 g/mol. The number of aromatic nitrogens is 2. The van der Waals surface area contributed by atoms with Gasteiger partial charge in [-0.1, -0.05) is 40.8 Å². The average Bonchev–Trinajstić information content (AvgIpc) is 3.10. The van der Waals surface area contributed by atoms with Crippen molar-refractivity contribution in [1.82, 2.24) is 10.2 Å². The van der Waals surface area contributed by atoms with Crippen LogP contribution in [0.15, 0.2) is 46.8 Å². The van der Waals surface area contributed by atoms with Crippen molar-refractivity contribution < 1.29 is 14.0 Å². The SMILES string of the molecule is CC(=O)Nc1cccc(Nc2nnc(SCC(=O)Nc3ccc(F)c(Cl)c3)s2)c1. The summed E-state index contributed by atoms with van der Waals surface area (Å²) in [7, 11) is 0. The van der Waals surface area contributed by atoms with E-state index in [-0.39, 0.29) is 22.6 Å². The Balaban J connectivity index is 1.53. The van der Waals surface area contributed by atoms with Crippen LogP contribution in [0.3, 0.4) is 0 Å². The topological polar surface area (TPSA) is 96.0 Å². The van der Waals surface area contributed by atoms with Crippen LogP contribution in [-0.4, -0.2) is 27.8 Å². The normalized spacial score (nSPS) is 10.4. The molecule has 0 spiro atoms. The lowest BCUT2D eigenvalue weighted by atomic mass is 10.3. The van der Waals surface area contributed by atoms with E-state index in [1.54, 1.807) is 18.2 Å². The zero-order valence-electron chi connectivity index (χ0n) is 15.0. The molecule has 3 aromatic rings. The molecule has 1 heterocycles. The van der Waals surface area contributed by atoms with Crippen molar-refractivity contribution in [2.24, 2.45) is 0 Å². The van der Waals surface area contributed by atoms with Crippen LogP contribution in [0.4, 0.5) is 26.6 Å². The summed E-state index contributed by atoms with van der Waals surface area (Å²) in [6, 6.07) is 11.2. The van der Waals surface area contributed by atoms with Crippen molar-refractivity contribution in [3.8, 4) is 0 Å². The highest BCUT2D eigenvalue weighted by Gasteiger charge is 2.10. The van der Waals surface area contributed by atoms with Crippen LogP contribution >= 0.6 is 34.7 Å². The second kappa shape index (κ2) is 9.68. The molecule has 3 rings (SSSR count). The molecule has 0 fully saturated rings. The van der Waals surface area contributed by atoms with Crippen molar-refractivity contribution >= 4 is 68.7 Å². The molecular weight excluding hydrogens is 437 g/mol. The van der Waals surface area contributed by atoms with Gasteiger partial charge < -0.3 is 16.0 Å². The van der Waals surface area contributed by atoms with Gasteiger partial charge in [0.15, 0.2) is 4.34 Å². The third-order valence-corrected chi connectivity index (χ3v) is 5.63. The van der Waals surface area contributed by atoms with Crippen LogP contribution in [0.2, 0.25) is 5.02 Å². The molecule has 2 aromatic carbocycles. The standard InChI is InChI=1S/C18H15ClFN5O2S2/c1-10(26)21-11-3-2-4-12(7-11)23-17-24-25-18(29-17)28-9-16(27)22-13-5-6-15(20)14(19)8-13/h2-8H,9H2,1H3,(H,21,26)(H,22,27)(H,23,24). The first-order valence-electron chi connectivity index (χ1n) is 8.25. The van der Waals surface area contributed by atoms with E-state index in [1.807, 2.05) is 6.07 Å². The summed E-state index contributed by atoms with van der Waals surface area (Å²) in [5, 5.41) is 17.0. The number of nitrogens with zero attached hydrogens (tertiary/aromatic N) is 2. The van der Waals surface area contributed by atoms with Gasteiger partial charge in [0.05, 0.1) is 10.8 Å². The molecular formula is C18H15ClFN5O2S2. The predicted molar refractivity (Wildman–Crippen MR) is 115 cm³/mol.